The predicted octanol–water partition coefficient (Wildman–Crippen LogP) is 22.1. The number of hydrogen-bond donors (Lipinski definition) is 4. The summed E-state index contributed by atoms with van der Waals surface area (Å²) in [5.41, 5.74) is 23.4. The first-order valence-electron chi connectivity index (χ1n) is 35.8. The molecule has 4 N–H and O–H groups in total. The Morgan fingerprint density at radius 2 is 0.672 bits per heavy atom. The van der Waals surface area contributed by atoms with E-state index in [2.05, 4.69) is 141 Å². The number of allylic oxidation sites excluding steroid dienone is 8. The molecule has 21 heteroatoms. The average molecular weight is 2280 g/mol. The Labute approximate surface area is 737 Å². The number of aromatic nitrogens is 4. The fourth-order valence-corrected chi connectivity index (χ4v) is 11.4. The molecule has 0 fully saturated rings. The van der Waals surface area contributed by atoms with Gasteiger partial charge in [0.15, 0.2) is 23.1 Å². The number of pyridine rings is 4. The standard InChI is InChI=1S/C19H18NO2.2C19H18NO.C18H16NO.4C5H8O2.4Ir/c1-12-5-6-17-14(7-12)11-18(22-4)19(20-17)15-8-13(2)9-16(10-15)21-3;1-12-5-7-17(13(2)9-12)19-14(3)10-15-11-16(21-4)6-8-18(15)20-19;1-12-7-13(2)9-16(8-12)19-14(3)10-15-11-17(21-4)5-6-18(15)20-19;1-12-5-4-6-14(9-12)18-13(2)10-15-11-16(20-3)7-8-17(15)19-18;4*1-4(6)3-5(2)7;;;;/h5-7,9-11H,1-4H3;5-6,8-11H,1-4H3;5-8,10-11H,1-4H3;4-5,7-11H,1-3H3;4*3,6H,1-2H3;;;;/q4*-1;;;;;;;;. The summed E-state index contributed by atoms with van der Waals surface area (Å²) >= 11 is 0. The topological polar surface area (TPSA) is 247 Å². The van der Waals surface area contributed by atoms with Crippen molar-refractivity contribution in [2.75, 3.05) is 35.5 Å². The molecule has 17 nitrogen and oxygen atoms in total. The van der Waals surface area contributed by atoms with E-state index < -0.39 is 0 Å². The Kier molecular flexibility index (Phi) is 45.7. The number of carbonyl (C=O) groups is 4. The first kappa shape index (κ1) is 104. The second-order valence-corrected chi connectivity index (χ2v) is 26.8. The maximum atomic E-state index is 10.0. The summed E-state index contributed by atoms with van der Waals surface area (Å²) in [7, 11) is 8.36. The van der Waals surface area contributed by atoms with Gasteiger partial charge in [-0.25, -0.2) is 0 Å². The molecule has 4 heterocycles. The normalized spacial score (nSPS) is 10.6. The Morgan fingerprint density at radius 3 is 1.04 bits per heavy atom. The predicted molar refractivity (Wildman–Crippen MR) is 452 cm³/mol. The van der Waals surface area contributed by atoms with Crippen LogP contribution in [-0.4, -0.2) is 99.0 Å². The zero-order valence-corrected chi connectivity index (χ0v) is 79.4. The molecule has 0 aliphatic carbocycles. The third-order valence-electron chi connectivity index (χ3n) is 16.0. The van der Waals surface area contributed by atoms with Crippen LogP contribution < -0.4 is 23.7 Å². The number of hydrogen-bond acceptors (Lipinski definition) is 17. The monoisotopic (exact) mass is 2280 g/mol. The van der Waals surface area contributed by atoms with E-state index in [4.69, 9.17) is 64.0 Å². The second kappa shape index (κ2) is 51.0. The Balaban J connectivity index is 0.000000690. The molecule has 0 saturated carbocycles. The summed E-state index contributed by atoms with van der Waals surface area (Å²) in [4.78, 5) is 59.2. The van der Waals surface area contributed by atoms with Gasteiger partial charge in [-0.2, -0.15) is 0 Å². The molecule has 12 rings (SSSR count). The molecule has 4 aromatic heterocycles. The Morgan fingerprint density at radius 1 is 0.319 bits per heavy atom. The summed E-state index contributed by atoms with van der Waals surface area (Å²) in [6.07, 6.45) is 4.67. The van der Waals surface area contributed by atoms with Gasteiger partial charge in [-0.15, -0.1) is 128 Å². The van der Waals surface area contributed by atoms with Crippen LogP contribution in [0.4, 0.5) is 0 Å². The first-order chi connectivity index (χ1) is 52.9. The minimum Gasteiger partial charge on any atom is -0.516 e. The maximum Gasteiger partial charge on any atom is 0.155 e. The number of aryl methyl sites for hydroxylation is 10. The number of ketones is 4. The van der Waals surface area contributed by atoms with Crippen LogP contribution in [0.2, 0.25) is 0 Å². The van der Waals surface area contributed by atoms with Crippen LogP contribution in [-0.2, 0) is 99.6 Å². The van der Waals surface area contributed by atoms with Gasteiger partial charge in [0.25, 0.3) is 0 Å². The summed E-state index contributed by atoms with van der Waals surface area (Å²) in [5, 5.41) is 37.8. The molecule has 116 heavy (non-hydrogen) atoms. The van der Waals surface area contributed by atoms with Gasteiger partial charge in [0.1, 0.15) is 23.0 Å². The molecule has 0 amide bonds. The summed E-state index contributed by atoms with van der Waals surface area (Å²) in [6.45, 7) is 32.2. The van der Waals surface area contributed by atoms with Crippen molar-refractivity contribution in [3.05, 3.63) is 279 Å². The van der Waals surface area contributed by atoms with E-state index in [9.17, 15) is 19.2 Å². The number of benzene rings is 8. The third kappa shape index (κ3) is 34.3. The van der Waals surface area contributed by atoms with Gasteiger partial charge in [0.05, 0.1) is 80.7 Å². The maximum absolute atomic E-state index is 10.0. The van der Waals surface area contributed by atoms with Crippen LogP contribution in [0.15, 0.2) is 199 Å². The summed E-state index contributed by atoms with van der Waals surface area (Å²) in [5.74, 6) is 3.85. The van der Waals surface area contributed by atoms with Crippen molar-refractivity contribution in [1.82, 2.24) is 19.9 Å². The largest absolute Gasteiger partial charge is 0.516 e. The van der Waals surface area contributed by atoms with Gasteiger partial charge in [-0.05, 0) is 173 Å². The van der Waals surface area contributed by atoms with Crippen molar-refractivity contribution >= 4 is 66.7 Å². The fraction of sp³-hybridized carbons (Fsp3) is 0.242. The van der Waals surface area contributed by atoms with Crippen molar-refractivity contribution < 1.29 is 144 Å². The molecule has 0 saturated heterocycles. The van der Waals surface area contributed by atoms with E-state index in [0.717, 1.165) is 145 Å². The molecular formula is C95H102Ir4N4O13-4. The van der Waals surface area contributed by atoms with Crippen molar-refractivity contribution in [3.63, 3.8) is 0 Å². The van der Waals surface area contributed by atoms with Crippen molar-refractivity contribution in [1.29, 1.82) is 0 Å². The molecule has 0 aliphatic heterocycles. The van der Waals surface area contributed by atoms with Gasteiger partial charge < -0.3 is 44.1 Å². The van der Waals surface area contributed by atoms with Gasteiger partial charge >= 0.3 is 0 Å². The van der Waals surface area contributed by atoms with Crippen LogP contribution >= 0.6 is 0 Å². The van der Waals surface area contributed by atoms with Gasteiger partial charge in [0.2, 0.25) is 0 Å². The molecule has 0 atom stereocenters. The second-order valence-electron chi connectivity index (χ2n) is 26.8. The number of fused-ring (bicyclic) bond motifs is 4. The zero-order valence-electron chi connectivity index (χ0n) is 69.8. The van der Waals surface area contributed by atoms with E-state index >= 15 is 0 Å². The van der Waals surface area contributed by atoms with E-state index in [1.807, 2.05) is 104 Å². The quantitative estimate of drug-likeness (QED) is 0.0476. The van der Waals surface area contributed by atoms with E-state index in [1.54, 1.807) is 35.5 Å². The van der Waals surface area contributed by atoms with Crippen molar-refractivity contribution in [3.8, 4) is 73.8 Å². The van der Waals surface area contributed by atoms with Gasteiger partial charge in [0, 0.05) is 138 Å². The minimum absolute atomic E-state index is 0. The summed E-state index contributed by atoms with van der Waals surface area (Å²) in [6, 6.07) is 64.4. The molecular weight excluding hydrogens is 2170 g/mol. The average Bonchev–Trinajstić information content (AvgIpc) is 0.808. The molecule has 8 aromatic carbocycles. The number of aliphatic hydroxyl groups is 4. The Hall–Kier alpha value is -10.2. The van der Waals surface area contributed by atoms with Gasteiger partial charge in [-0.1, -0.05) is 94.1 Å². The number of nitrogens with zero attached hydrogens (tertiary/aromatic N) is 4. The molecule has 620 valence electrons. The minimum atomic E-state index is -0.125. The van der Waals surface area contributed by atoms with E-state index in [1.165, 1.54) is 108 Å². The number of aliphatic hydroxyl groups excluding tert-OH is 4. The third-order valence-corrected chi connectivity index (χ3v) is 16.0. The number of carbonyl (C=O) groups excluding carboxylic acids is 4. The van der Waals surface area contributed by atoms with E-state index in [0.29, 0.717) is 0 Å². The molecule has 0 spiro atoms. The number of methoxy groups -OCH3 is 5. The molecule has 12 aromatic rings. The number of rotatable bonds is 13. The van der Waals surface area contributed by atoms with Crippen LogP contribution in [0.25, 0.3) is 88.6 Å². The Bertz CT molecular complexity index is 5330. The molecule has 0 bridgehead atoms. The smallest absolute Gasteiger partial charge is 0.155 e. The molecule has 0 unspecified atom stereocenters. The van der Waals surface area contributed by atoms with Crippen molar-refractivity contribution in [2.24, 2.45) is 0 Å². The van der Waals surface area contributed by atoms with Crippen molar-refractivity contribution in [2.45, 2.75) is 125 Å². The van der Waals surface area contributed by atoms with Crippen LogP contribution in [0.3, 0.4) is 0 Å². The van der Waals surface area contributed by atoms with Gasteiger partial charge in [-0.3, -0.25) is 39.1 Å². The van der Waals surface area contributed by atoms with Crippen LogP contribution in [0, 0.1) is 93.5 Å². The van der Waals surface area contributed by atoms with Crippen LogP contribution in [0.1, 0.15) is 111 Å². The summed E-state index contributed by atoms with van der Waals surface area (Å²) < 4.78 is 26.7. The van der Waals surface area contributed by atoms with E-state index in [-0.39, 0.29) is 127 Å². The molecule has 4 radical (unpaired) electrons. The number of ether oxygens (including phenoxy) is 5. The van der Waals surface area contributed by atoms with Crippen LogP contribution in [0.5, 0.6) is 28.7 Å². The molecule has 0 aliphatic rings. The fourth-order valence-electron chi connectivity index (χ4n) is 11.4. The SMILES string of the molecule is CC(=O)C=C(C)O.CC(=O)C=C(C)O.CC(=O)C=C(C)O.CC(=O)C=C(C)O.COc1cc(C)[c-]c(-c2nc3ccc(C)cc3cc2OC)c1.COc1ccc2nc(-c3[c-]c(C)cc(C)c3)c(C)cc2c1.COc1ccc2nc(-c3[c-]cc(C)cc3C)c(C)cc2c1.COc1ccc2nc(-c3[c-]ccc(C)c3)c(C)cc2c1.[Ir].[Ir].[Ir].[Ir]. The first-order valence-corrected chi connectivity index (χ1v) is 35.8. The zero-order chi connectivity index (χ0) is 83.2.